The Kier molecular flexibility index (Phi) is 5.71. The van der Waals surface area contributed by atoms with E-state index in [0.717, 1.165) is 0 Å². The lowest BCUT2D eigenvalue weighted by Crippen LogP contribution is -2.31. The van der Waals surface area contributed by atoms with Crippen molar-refractivity contribution in [1.29, 1.82) is 0 Å². The Morgan fingerprint density at radius 3 is 2.42 bits per heavy atom. The zero-order chi connectivity index (χ0) is 22.1. The summed E-state index contributed by atoms with van der Waals surface area (Å²) in [5.41, 5.74) is 1.09. The number of halogens is 1. The summed E-state index contributed by atoms with van der Waals surface area (Å²) in [6.07, 6.45) is 0. The molecule has 4 rings (SSSR count). The molecule has 6 nitrogen and oxygen atoms in total. The second-order valence-electron chi connectivity index (χ2n) is 6.74. The SMILES string of the molecule is COc1ccc([C@@H]2C(C(=O)c3cccs3)=C(O)C(=O)N2c2ccc(OC)c(Cl)c2)cc1. The molecule has 0 unspecified atom stereocenters. The van der Waals surface area contributed by atoms with Gasteiger partial charge < -0.3 is 14.6 Å². The molecule has 1 aliphatic heterocycles. The van der Waals surface area contributed by atoms with Gasteiger partial charge in [0, 0.05) is 5.69 Å². The number of benzene rings is 2. The Labute approximate surface area is 187 Å². The van der Waals surface area contributed by atoms with Gasteiger partial charge in [0.15, 0.2) is 5.76 Å². The van der Waals surface area contributed by atoms with Crippen LogP contribution in [0.15, 0.2) is 71.3 Å². The average Bonchev–Trinajstić information content (AvgIpc) is 3.41. The first kappa shape index (κ1) is 21.0. The van der Waals surface area contributed by atoms with Crippen molar-refractivity contribution in [3.05, 3.63) is 86.8 Å². The molecule has 0 aliphatic carbocycles. The first-order chi connectivity index (χ1) is 15.0. The van der Waals surface area contributed by atoms with Crippen LogP contribution in [0.1, 0.15) is 21.3 Å². The van der Waals surface area contributed by atoms with Crippen molar-refractivity contribution in [2.75, 3.05) is 19.1 Å². The van der Waals surface area contributed by atoms with Crippen LogP contribution < -0.4 is 14.4 Å². The van der Waals surface area contributed by atoms with Gasteiger partial charge in [-0.25, -0.2) is 0 Å². The van der Waals surface area contributed by atoms with Gasteiger partial charge >= 0.3 is 0 Å². The number of thiophene rings is 1. The van der Waals surface area contributed by atoms with E-state index >= 15 is 0 Å². The highest BCUT2D eigenvalue weighted by Crippen LogP contribution is 2.44. The quantitative estimate of drug-likeness (QED) is 0.517. The molecule has 0 saturated heterocycles. The Morgan fingerprint density at radius 1 is 1.10 bits per heavy atom. The van der Waals surface area contributed by atoms with Gasteiger partial charge in [0.2, 0.25) is 5.78 Å². The van der Waals surface area contributed by atoms with Crippen LogP contribution in [-0.2, 0) is 4.79 Å². The number of rotatable bonds is 6. The van der Waals surface area contributed by atoms with Crippen molar-refractivity contribution in [2.24, 2.45) is 0 Å². The van der Waals surface area contributed by atoms with Crippen LogP contribution in [0.4, 0.5) is 5.69 Å². The smallest absolute Gasteiger partial charge is 0.294 e. The fourth-order valence-corrected chi connectivity index (χ4v) is 4.48. The van der Waals surface area contributed by atoms with Gasteiger partial charge in [-0.05, 0) is 47.3 Å². The summed E-state index contributed by atoms with van der Waals surface area (Å²) in [6, 6.07) is 14.4. The Balaban J connectivity index is 1.87. The zero-order valence-corrected chi connectivity index (χ0v) is 18.2. The van der Waals surface area contributed by atoms with E-state index in [-0.39, 0.29) is 5.57 Å². The third kappa shape index (κ3) is 3.66. The van der Waals surface area contributed by atoms with Crippen LogP contribution in [0.5, 0.6) is 11.5 Å². The fraction of sp³-hybridized carbons (Fsp3) is 0.130. The topological polar surface area (TPSA) is 76.1 Å². The number of hydrogen-bond donors (Lipinski definition) is 1. The van der Waals surface area contributed by atoms with E-state index in [1.165, 1.54) is 23.3 Å². The van der Waals surface area contributed by atoms with Crippen LogP contribution in [0.2, 0.25) is 5.02 Å². The number of amides is 1. The molecule has 1 aromatic heterocycles. The van der Waals surface area contributed by atoms with Gasteiger partial charge in [-0.3, -0.25) is 14.5 Å². The predicted molar refractivity (Wildman–Crippen MR) is 120 cm³/mol. The maximum absolute atomic E-state index is 13.3. The van der Waals surface area contributed by atoms with Crippen LogP contribution in [0.3, 0.4) is 0 Å². The first-order valence-corrected chi connectivity index (χ1v) is 10.5. The highest BCUT2D eigenvalue weighted by Gasteiger charge is 2.45. The highest BCUT2D eigenvalue weighted by atomic mass is 35.5. The van der Waals surface area contributed by atoms with Crippen molar-refractivity contribution < 1.29 is 24.2 Å². The minimum atomic E-state index is -0.836. The number of Topliss-reactive ketones (excluding diaryl/α,β-unsaturated/α-hetero) is 1. The minimum absolute atomic E-state index is 0.0181. The van der Waals surface area contributed by atoms with Crippen molar-refractivity contribution in [2.45, 2.75) is 6.04 Å². The summed E-state index contributed by atoms with van der Waals surface area (Å²) in [6.45, 7) is 0. The van der Waals surface area contributed by atoms with Crippen LogP contribution in [0, 0.1) is 0 Å². The van der Waals surface area contributed by atoms with E-state index in [0.29, 0.717) is 32.6 Å². The van der Waals surface area contributed by atoms with Crippen LogP contribution >= 0.6 is 22.9 Å². The lowest BCUT2D eigenvalue weighted by Gasteiger charge is -2.27. The van der Waals surface area contributed by atoms with E-state index < -0.39 is 23.5 Å². The van der Waals surface area contributed by atoms with E-state index in [1.807, 2.05) is 0 Å². The van der Waals surface area contributed by atoms with Crippen molar-refractivity contribution >= 4 is 40.3 Å². The molecule has 0 radical (unpaired) electrons. The number of hydrogen-bond acceptors (Lipinski definition) is 6. The minimum Gasteiger partial charge on any atom is -0.503 e. The fourth-order valence-electron chi connectivity index (χ4n) is 3.55. The molecule has 8 heteroatoms. The maximum Gasteiger partial charge on any atom is 0.294 e. The molecule has 31 heavy (non-hydrogen) atoms. The monoisotopic (exact) mass is 455 g/mol. The molecule has 158 valence electrons. The van der Waals surface area contributed by atoms with Crippen molar-refractivity contribution in [3.8, 4) is 11.5 Å². The van der Waals surface area contributed by atoms with E-state index in [4.69, 9.17) is 21.1 Å². The third-order valence-electron chi connectivity index (χ3n) is 5.04. The summed E-state index contributed by atoms with van der Waals surface area (Å²) in [7, 11) is 3.05. The maximum atomic E-state index is 13.3. The lowest BCUT2D eigenvalue weighted by atomic mass is 9.95. The molecular formula is C23H18ClNO5S. The number of methoxy groups -OCH3 is 2. The predicted octanol–water partition coefficient (Wildman–Crippen LogP) is 5.20. The van der Waals surface area contributed by atoms with Crippen LogP contribution in [0.25, 0.3) is 0 Å². The van der Waals surface area contributed by atoms with Gasteiger partial charge in [-0.15, -0.1) is 11.3 Å². The molecule has 0 bridgehead atoms. The number of aliphatic hydroxyl groups is 1. The van der Waals surface area contributed by atoms with Gasteiger partial charge in [0.25, 0.3) is 5.91 Å². The Hall–Kier alpha value is -3.29. The number of anilines is 1. The molecule has 0 spiro atoms. The number of carbonyl (C=O) groups is 2. The molecule has 0 saturated carbocycles. The Morgan fingerprint density at radius 2 is 1.84 bits per heavy atom. The zero-order valence-electron chi connectivity index (χ0n) is 16.7. The normalized spacial score (nSPS) is 16.0. The number of aliphatic hydroxyl groups excluding tert-OH is 1. The van der Waals surface area contributed by atoms with Gasteiger partial charge in [-0.1, -0.05) is 29.8 Å². The van der Waals surface area contributed by atoms with Gasteiger partial charge in [-0.2, -0.15) is 0 Å². The molecule has 3 aromatic rings. The number of nitrogens with zero attached hydrogens (tertiary/aromatic N) is 1. The van der Waals surface area contributed by atoms with Crippen molar-refractivity contribution in [3.63, 3.8) is 0 Å². The van der Waals surface area contributed by atoms with E-state index in [2.05, 4.69) is 0 Å². The molecule has 1 N–H and O–H groups in total. The molecule has 2 aromatic carbocycles. The van der Waals surface area contributed by atoms with Crippen LogP contribution in [-0.4, -0.2) is 31.0 Å². The molecule has 0 fully saturated rings. The molecule has 1 atom stereocenters. The first-order valence-electron chi connectivity index (χ1n) is 9.28. The van der Waals surface area contributed by atoms with Gasteiger partial charge in [0.05, 0.1) is 35.7 Å². The summed E-state index contributed by atoms with van der Waals surface area (Å²) < 4.78 is 10.4. The lowest BCUT2D eigenvalue weighted by molar-refractivity contribution is -0.117. The standard InChI is InChI=1S/C23H18ClNO5S/c1-29-15-8-5-13(6-9-15)20-19(21(26)18-4-3-11-31-18)22(27)23(28)25(20)14-7-10-17(30-2)16(24)12-14/h3-12,20,27H,1-2H3/t20-/m1/s1. The van der Waals surface area contributed by atoms with E-state index in [1.54, 1.807) is 67.1 Å². The van der Waals surface area contributed by atoms with Crippen molar-refractivity contribution in [1.82, 2.24) is 0 Å². The highest BCUT2D eigenvalue weighted by molar-refractivity contribution is 7.12. The summed E-state index contributed by atoms with van der Waals surface area (Å²) in [4.78, 5) is 28.2. The summed E-state index contributed by atoms with van der Waals surface area (Å²) in [5, 5.41) is 12.8. The third-order valence-corrected chi connectivity index (χ3v) is 6.21. The Bertz CT molecular complexity index is 1170. The number of carbonyl (C=O) groups excluding carboxylic acids is 2. The summed E-state index contributed by atoms with van der Waals surface area (Å²) in [5.74, 6) is -0.575. The molecule has 1 amide bonds. The number of ether oxygens (including phenoxy) is 2. The molecular weight excluding hydrogens is 438 g/mol. The molecule has 1 aliphatic rings. The second kappa shape index (κ2) is 8.45. The molecule has 2 heterocycles. The number of ketones is 1. The summed E-state index contributed by atoms with van der Waals surface area (Å²) >= 11 is 7.53. The average molecular weight is 456 g/mol. The largest absolute Gasteiger partial charge is 0.503 e. The second-order valence-corrected chi connectivity index (χ2v) is 8.09. The van der Waals surface area contributed by atoms with Gasteiger partial charge in [0.1, 0.15) is 11.5 Å². The van der Waals surface area contributed by atoms with E-state index in [9.17, 15) is 14.7 Å².